The van der Waals surface area contributed by atoms with E-state index in [1.807, 2.05) is 37.3 Å². The van der Waals surface area contributed by atoms with Gasteiger partial charge in [0.2, 0.25) is 5.91 Å². The van der Waals surface area contributed by atoms with Crippen LogP contribution in [0, 0.1) is 5.92 Å². The van der Waals surface area contributed by atoms with Crippen molar-refractivity contribution in [2.75, 3.05) is 44.2 Å². The molecule has 2 aliphatic rings. The van der Waals surface area contributed by atoms with Gasteiger partial charge >= 0.3 is 6.03 Å². The molecule has 0 spiro atoms. The van der Waals surface area contributed by atoms with Gasteiger partial charge in [-0.2, -0.15) is 0 Å². The molecule has 27 heavy (non-hydrogen) atoms. The molecule has 1 unspecified atom stereocenters. The predicted molar refractivity (Wildman–Crippen MR) is 108 cm³/mol. The third-order valence-corrected chi connectivity index (χ3v) is 5.97. The van der Waals surface area contributed by atoms with Crippen molar-refractivity contribution >= 4 is 17.6 Å². The smallest absolute Gasteiger partial charge is 0.318 e. The highest BCUT2D eigenvalue weighted by Crippen LogP contribution is 2.21. The van der Waals surface area contributed by atoms with Crippen molar-refractivity contribution in [1.29, 1.82) is 0 Å². The normalized spacial score (nSPS) is 22.1. The maximum atomic E-state index is 12.7. The monoisotopic (exact) mass is 372 g/mol. The minimum Gasteiger partial charge on any atom is -0.338 e. The van der Waals surface area contributed by atoms with Crippen LogP contribution in [-0.4, -0.2) is 67.0 Å². The van der Waals surface area contributed by atoms with E-state index in [-0.39, 0.29) is 11.9 Å². The number of likely N-dealkylation sites (tertiary alicyclic amines) is 1. The highest BCUT2D eigenvalue weighted by Gasteiger charge is 2.34. The maximum Gasteiger partial charge on any atom is 0.318 e. The van der Waals surface area contributed by atoms with Crippen molar-refractivity contribution in [3.05, 3.63) is 30.3 Å². The third-order valence-electron chi connectivity index (χ3n) is 5.97. The van der Waals surface area contributed by atoms with Crippen LogP contribution in [-0.2, 0) is 4.79 Å². The average molecular weight is 373 g/mol. The van der Waals surface area contributed by atoms with Crippen molar-refractivity contribution < 1.29 is 9.59 Å². The van der Waals surface area contributed by atoms with Gasteiger partial charge in [0.05, 0.1) is 0 Å². The van der Waals surface area contributed by atoms with Crippen LogP contribution in [0.1, 0.15) is 33.1 Å². The van der Waals surface area contributed by atoms with Gasteiger partial charge in [0, 0.05) is 25.3 Å². The number of anilines is 1. The summed E-state index contributed by atoms with van der Waals surface area (Å²) in [6, 6.07) is 9.11. The average Bonchev–Trinajstić information content (AvgIpc) is 2.71. The lowest BCUT2D eigenvalue weighted by atomic mass is 9.93. The van der Waals surface area contributed by atoms with Crippen LogP contribution in [0.2, 0.25) is 0 Å². The lowest BCUT2D eigenvalue weighted by molar-refractivity contribution is -0.124. The molecule has 0 radical (unpaired) electrons. The molecule has 6 nitrogen and oxygen atoms in total. The fourth-order valence-electron chi connectivity index (χ4n) is 4.09. The fourth-order valence-corrected chi connectivity index (χ4v) is 4.09. The molecular formula is C21H32N4O2. The highest BCUT2D eigenvalue weighted by molar-refractivity contribution is 5.99. The number of carbonyl (C=O) groups is 2. The molecule has 2 fully saturated rings. The zero-order valence-corrected chi connectivity index (χ0v) is 16.6. The lowest BCUT2D eigenvalue weighted by Gasteiger charge is -2.39. The number of carbonyl (C=O) groups excluding carboxylic acids is 2. The summed E-state index contributed by atoms with van der Waals surface area (Å²) >= 11 is 0. The first kappa shape index (κ1) is 19.7. The maximum absolute atomic E-state index is 12.7. The van der Waals surface area contributed by atoms with Gasteiger partial charge in [-0.15, -0.1) is 0 Å². The van der Waals surface area contributed by atoms with Gasteiger partial charge in [0.25, 0.3) is 0 Å². The number of piperidine rings is 1. The molecule has 1 aromatic carbocycles. The quantitative estimate of drug-likeness (QED) is 0.864. The predicted octanol–water partition coefficient (Wildman–Crippen LogP) is 2.56. The summed E-state index contributed by atoms with van der Waals surface area (Å²) < 4.78 is 0. The Kier molecular flexibility index (Phi) is 6.72. The molecule has 2 heterocycles. The van der Waals surface area contributed by atoms with Crippen molar-refractivity contribution in [1.82, 2.24) is 15.1 Å². The summed E-state index contributed by atoms with van der Waals surface area (Å²) in [4.78, 5) is 31.2. The molecule has 3 amide bonds. The number of urea groups is 1. The minimum absolute atomic E-state index is 0.0189. The highest BCUT2D eigenvalue weighted by atomic mass is 16.2. The zero-order chi connectivity index (χ0) is 19.2. The van der Waals surface area contributed by atoms with Gasteiger partial charge in [0.15, 0.2) is 0 Å². The standard InChI is InChI=1S/C21H32N4O2/c1-3-23-13-10-18(11-14-23)9-12-22-21(27)24-15-16-25(20(26)17(24)2)19-7-5-4-6-8-19/h4-8,17-18H,3,9-16H2,1-2H3,(H,22,27). The summed E-state index contributed by atoms with van der Waals surface area (Å²) in [7, 11) is 0. The Morgan fingerprint density at radius 1 is 1.11 bits per heavy atom. The number of hydrogen-bond donors (Lipinski definition) is 1. The van der Waals surface area contributed by atoms with E-state index in [9.17, 15) is 9.59 Å². The van der Waals surface area contributed by atoms with E-state index in [1.165, 1.54) is 25.9 Å². The van der Waals surface area contributed by atoms with Gasteiger partial charge in [-0.05, 0) is 63.9 Å². The Labute approximate surface area is 162 Å². The Morgan fingerprint density at radius 3 is 2.48 bits per heavy atom. The Bertz CT molecular complexity index is 628. The molecule has 2 aliphatic heterocycles. The Morgan fingerprint density at radius 2 is 1.81 bits per heavy atom. The summed E-state index contributed by atoms with van der Waals surface area (Å²) in [6.07, 6.45) is 3.46. The molecule has 1 aromatic rings. The van der Waals surface area contributed by atoms with E-state index in [0.29, 0.717) is 25.6 Å². The number of piperazine rings is 1. The number of amides is 3. The van der Waals surface area contributed by atoms with Crippen molar-refractivity contribution in [2.45, 2.75) is 39.2 Å². The molecule has 6 heteroatoms. The second-order valence-electron chi connectivity index (χ2n) is 7.59. The first-order valence-corrected chi connectivity index (χ1v) is 10.2. The Hall–Kier alpha value is -2.08. The Balaban J connectivity index is 1.45. The minimum atomic E-state index is -0.438. The summed E-state index contributed by atoms with van der Waals surface area (Å²) in [5, 5.41) is 3.03. The fraction of sp³-hybridized carbons (Fsp3) is 0.619. The van der Waals surface area contributed by atoms with Gasteiger partial charge in [0.1, 0.15) is 6.04 Å². The van der Waals surface area contributed by atoms with Crippen LogP contribution in [0.15, 0.2) is 30.3 Å². The summed E-state index contributed by atoms with van der Waals surface area (Å²) in [5.41, 5.74) is 0.896. The zero-order valence-electron chi connectivity index (χ0n) is 16.6. The van der Waals surface area contributed by atoms with Crippen LogP contribution >= 0.6 is 0 Å². The molecule has 0 aromatic heterocycles. The lowest BCUT2D eigenvalue weighted by Crippen LogP contribution is -2.59. The van der Waals surface area contributed by atoms with E-state index < -0.39 is 6.04 Å². The van der Waals surface area contributed by atoms with E-state index in [4.69, 9.17) is 0 Å². The van der Waals surface area contributed by atoms with Crippen LogP contribution in [0.25, 0.3) is 0 Å². The number of rotatable bonds is 5. The van der Waals surface area contributed by atoms with Crippen LogP contribution in [0.3, 0.4) is 0 Å². The molecule has 0 saturated carbocycles. The number of para-hydroxylation sites is 1. The van der Waals surface area contributed by atoms with E-state index in [0.717, 1.165) is 18.7 Å². The van der Waals surface area contributed by atoms with E-state index in [2.05, 4.69) is 17.1 Å². The van der Waals surface area contributed by atoms with Crippen molar-refractivity contribution in [2.24, 2.45) is 5.92 Å². The molecule has 1 N–H and O–H groups in total. The van der Waals surface area contributed by atoms with Crippen LogP contribution in [0.4, 0.5) is 10.5 Å². The SMILES string of the molecule is CCN1CCC(CCNC(=O)N2CCN(c3ccccc3)C(=O)C2C)CC1. The molecule has 0 aliphatic carbocycles. The van der Waals surface area contributed by atoms with Crippen molar-refractivity contribution in [3.63, 3.8) is 0 Å². The third kappa shape index (κ3) is 4.80. The molecular weight excluding hydrogens is 340 g/mol. The van der Waals surface area contributed by atoms with E-state index >= 15 is 0 Å². The molecule has 3 rings (SSSR count). The van der Waals surface area contributed by atoms with Gasteiger partial charge in [-0.3, -0.25) is 4.79 Å². The topological polar surface area (TPSA) is 55.9 Å². The van der Waals surface area contributed by atoms with Crippen molar-refractivity contribution in [3.8, 4) is 0 Å². The first-order chi connectivity index (χ1) is 13.1. The molecule has 148 valence electrons. The number of benzene rings is 1. The molecule has 1 atom stereocenters. The van der Waals surface area contributed by atoms with Crippen LogP contribution < -0.4 is 10.2 Å². The first-order valence-electron chi connectivity index (χ1n) is 10.2. The van der Waals surface area contributed by atoms with Gasteiger partial charge in [-0.1, -0.05) is 25.1 Å². The van der Waals surface area contributed by atoms with Crippen LogP contribution in [0.5, 0.6) is 0 Å². The number of hydrogen-bond acceptors (Lipinski definition) is 3. The summed E-state index contributed by atoms with van der Waals surface area (Å²) in [5.74, 6) is 0.677. The largest absolute Gasteiger partial charge is 0.338 e. The summed E-state index contributed by atoms with van der Waals surface area (Å²) in [6.45, 7) is 9.28. The second kappa shape index (κ2) is 9.22. The van der Waals surface area contributed by atoms with Gasteiger partial charge in [-0.25, -0.2) is 4.79 Å². The van der Waals surface area contributed by atoms with E-state index in [1.54, 1.807) is 9.80 Å². The van der Waals surface area contributed by atoms with Gasteiger partial charge < -0.3 is 20.0 Å². The second-order valence-corrected chi connectivity index (χ2v) is 7.59. The molecule has 0 bridgehead atoms. The number of nitrogens with one attached hydrogen (secondary N) is 1. The molecule has 2 saturated heterocycles. The number of nitrogens with zero attached hydrogens (tertiary/aromatic N) is 3.